The van der Waals surface area contributed by atoms with Gasteiger partial charge in [0.2, 0.25) is 0 Å². The Kier molecular flexibility index (Phi) is 6.12. The molecule has 0 amide bonds. The fourth-order valence-electron chi connectivity index (χ4n) is 4.02. The number of rotatable bonds is 7. The third kappa shape index (κ3) is 4.17. The van der Waals surface area contributed by atoms with Gasteiger partial charge in [-0.3, -0.25) is 4.57 Å². The van der Waals surface area contributed by atoms with Crippen LogP contribution >= 0.6 is 11.6 Å². The van der Waals surface area contributed by atoms with Gasteiger partial charge in [0.15, 0.2) is 11.8 Å². The molecule has 1 fully saturated rings. The van der Waals surface area contributed by atoms with Crippen molar-refractivity contribution in [2.75, 3.05) is 13.1 Å². The zero-order chi connectivity index (χ0) is 18.6. The molecule has 1 aromatic carbocycles. The molecule has 3 rings (SSSR count). The lowest BCUT2D eigenvalue weighted by molar-refractivity contribution is 0.250. The van der Waals surface area contributed by atoms with Gasteiger partial charge < -0.3 is 21.3 Å². The molecule has 1 aliphatic rings. The molecule has 5 nitrogen and oxygen atoms in total. The summed E-state index contributed by atoms with van der Waals surface area (Å²) in [6.07, 6.45) is 5.14. The van der Waals surface area contributed by atoms with Gasteiger partial charge >= 0.3 is 0 Å². The fourth-order valence-corrected chi connectivity index (χ4v) is 4.21. The van der Waals surface area contributed by atoms with Crippen molar-refractivity contribution in [1.82, 2.24) is 9.88 Å². The molecule has 0 saturated heterocycles. The molecule has 0 unspecified atom stereocenters. The van der Waals surface area contributed by atoms with Crippen molar-refractivity contribution >= 4 is 11.6 Å². The predicted molar refractivity (Wildman–Crippen MR) is 105 cm³/mol. The Morgan fingerprint density at radius 1 is 1.15 bits per heavy atom. The maximum absolute atomic E-state index is 9.65. The average molecular weight is 378 g/mol. The fraction of sp³-hybridized carbons (Fsp3) is 0.500. The average Bonchev–Trinajstić information content (AvgIpc) is 2.97. The van der Waals surface area contributed by atoms with Crippen LogP contribution in [0.15, 0.2) is 36.4 Å². The van der Waals surface area contributed by atoms with E-state index < -0.39 is 0 Å². The highest BCUT2D eigenvalue weighted by Crippen LogP contribution is 2.39. The topological polar surface area (TPSA) is 83.4 Å². The van der Waals surface area contributed by atoms with E-state index in [4.69, 9.17) is 17.3 Å². The third-order valence-electron chi connectivity index (χ3n) is 5.70. The summed E-state index contributed by atoms with van der Waals surface area (Å²) in [7, 11) is 0. The van der Waals surface area contributed by atoms with Gasteiger partial charge in [0.1, 0.15) is 0 Å². The second-order valence-electron chi connectivity index (χ2n) is 7.28. The van der Waals surface area contributed by atoms with Gasteiger partial charge in [0.05, 0.1) is 0 Å². The molecule has 2 aromatic rings. The molecule has 0 bridgehead atoms. The molecule has 0 radical (unpaired) electrons. The van der Waals surface area contributed by atoms with E-state index in [9.17, 15) is 10.2 Å². The minimum absolute atomic E-state index is 0.0335. The summed E-state index contributed by atoms with van der Waals surface area (Å²) >= 11 is 6.17. The highest BCUT2D eigenvalue weighted by Gasteiger charge is 2.35. The summed E-state index contributed by atoms with van der Waals surface area (Å²) < 4.78 is 1.52. The van der Waals surface area contributed by atoms with Gasteiger partial charge in [0, 0.05) is 41.7 Å². The lowest BCUT2D eigenvalue weighted by Gasteiger charge is -2.40. The van der Waals surface area contributed by atoms with Gasteiger partial charge in [-0.2, -0.15) is 0 Å². The first-order chi connectivity index (χ1) is 12.5. The van der Waals surface area contributed by atoms with Crippen molar-refractivity contribution in [3.8, 4) is 11.8 Å². The van der Waals surface area contributed by atoms with Crippen LogP contribution in [-0.4, -0.2) is 33.9 Å². The third-order valence-corrected chi connectivity index (χ3v) is 5.93. The first-order valence-corrected chi connectivity index (χ1v) is 9.69. The number of halogens is 1. The first-order valence-electron chi connectivity index (χ1n) is 9.31. The number of hydrogen-bond donors (Lipinski definition) is 4. The van der Waals surface area contributed by atoms with E-state index in [2.05, 4.69) is 17.4 Å². The lowest BCUT2D eigenvalue weighted by Crippen LogP contribution is -2.44. The summed E-state index contributed by atoms with van der Waals surface area (Å²) in [5, 5.41) is 23.7. The summed E-state index contributed by atoms with van der Waals surface area (Å²) in [6, 6.07) is 11.6. The number of benzene rings is 1. The molecular formula is C20H28ClN3O2. The second kappa shape index (κ2) is 8.33. The number of aromatic hydroxyl groups is 2. The van der Waals surface area contributed by atoms with E-state index in [0.29, 0.717) is 19.1 Å². The molecule has 0 atom stereocenters. The molecule has 1 heterocycles. The van der Waals surface area contributed by atoms with Gasteiger partial charge in [-0.25, -0.2) is 0 Å². The molecule has 0 aliphatic heterocycles. The maximum atomic E-state index is 9.65. The van der Waals surface area contributed by atoms with E-state index in [1.54, 1.807) is 0 Å². The van der Waals surface area contributed by atoms with Crippen molar-refractivity contribution in [1.29, 1.82) is 0 Å². The Hall–Kier alpha value is -1.69. The SMILES string of the molecule is NCC1(c2cccc(Cl)c2)CCC(NCCCn2c(O)ccc2O)CC1. The Morgan fingerprint density at radius 3 is 2.46 bits per heavy atom. The van der Waals surface area contributed by atoms with Crippen LogP contribution in [0, 0.1) is 0 Å². The standard InChI is InChI=1S/C20H28ClN3O2/c21-16-4-1-3-15(13-16)20(14-22)9-7-17(8-10-20)23-11-2-12-24-18(25)5-6-19(24)26/h1,3-6,13,17,23,25-26H,2,7-12,14,22H2. The quantitative estimate of drug-likeness (QED) is 0.557. The zero-order valence-corrected chi connectivity index (χ0v) is 15.8. The van der Waals surface area contributed by atoms with Crippen molar-refractivity contribution in [3.05, 3.63) is 47.0 Å². The number of nitrogens with two attached hydrogens (primary N) is 1. The smallest absolute Gasteiger partial charge is 0.193 e. The van der Waals surface area contributed by atoms with Crippen LogP contribution in [0.3, 0.4) is 0 Å². The highest BCUT2D eigenvalue weighted by molar-refractivity contribution is 6.30. The molecule has 1 aliphatic carbocycles. The van der Waals surface area contributed by atoms with Gasteiger partial charge in [0.25, 0.3) is 0 Å². The molecule has 0 spiro atoms. The van der Waals surface area contributed by atoms with E-state index >= 15 is 0 Å². The monoisotopic (exact) mass is 377 g/mol. The normalized spacial score (nSPS) is 23.2. The summed E-state index contributed by atoms with van der Waals surface area (Å²) in [5.74, 6) is 0.212. The molecule has 1 aromatic heterocycles. The largest absolute Gasteiger partial charge is 0.494 e. The maximum Gasteiger partial charge on any atom is 0.193 e. The van der Waals surface area contributed by atoms with Crippen molar-refractivity contribution in [2.45, 2.75) is 50.1 Å². The van der Waals surface area contributed by atoms with Crippen molar-refractivity contribution in [3.63, 3.8) is 0 Å². The Morgan fingerprint density at radius 2 is 1.85 bits per heavy atom. The van der Waals surface area contributed by atoms with Crippen LogP contribution in [-0.2, 0) is 12.0 Å². The highest BCUT2D eigenvalue weighted by atomic mass is 35.5. The van der Waals surface area contributed by atoms with Crippen LogP contribution in [0.25, 0.3) is 0 Å². The number of nitrogens with zero attached hydrogens (tertiary/aromatic N) is 1. The van der Waals surface area contributed by atoms with Gasteiger partial charge in [-0.05, 0) is 56.3 Å². The molecular weight excluding hydrogens is 350 g/mol. The summed E-state index contributed by atoms with van der Waals surface area (Å²) in [4.78, 5) is 0. The number of aromatic nitrogens is 1. The van der Waals surface area contributed by atoms with Crippen molar-refractivity contribution < 1.29 is 10.2 Å². The molecule has 26 heavy (non-hydrogen) atoms. The van der Waals surface area contributed by atoms with E-state index in [1.165, 1.54) is 22.3 Å². The Balaban J connectivity index is 1.47. The van der Waals surface area contributed by atoms with Gasteiger partial charge in [-0.1, -0.05) is 23.7 Å². The van der Waals surface area contributed by atoms with Crippen LogP contribution in [0.2, 0.25) is 5.02 Å². The molecule has 5 N–H and O–H groups in total. The Labute approximate surface area is 159 Å². The van der Waals surface area contributed by atoms with E-state index in [-0.39, 0.29) is 17.2 Å². The predicted octanol–water partition coefficient (Wildman–Crippen LogP) is 3.37. The lowest BCUT2D eigenvalue weighted by atomic mass is 9.68. The molecule has 1 saturated carbocycles. The van der Waals surface area contributed by atoms with Crippen LogP contribution < -0.4 is 11.1 Å². The van der Waals surface area contributed by atoms with E-state index in [1.807, 2.05) is 12.1 Å². The zero-order valence-electron chi connectivity index (χ0n) is 15.0. The molecule has 142 valence electrons. The number of hydrogen-bond acceptors (Lipinski definition) is 4. The van der Waals surface area contributed by atoms with Crippen LogP contribution in [0.1, 0.15) is 37.7 Å². The first kappa shape index (κ1) is 19.1. The summed E-state index contributed by atoms with van der Waals surface area (Å²) in [6.45, 7) is 2.10. The minimum Gasteiger partial charge on any atom is -0.494 e. The number of nitrogens with one attached hydrogen (secondary N) is 1. The Bertz CT molecular complexity index is 704. The van der Waals surface area contributed by atoms with Gasteiger partial charge in [-0.15, -0.1) is 0 Å². The summed E-state index contributed by atoms with van der Waals surface area (Å²) in [5.41, 5.74) is 7.44. The second-order valence-corrected chi connectivity index (χ2v) is 7.71. The molecule has 6 heteroatoms. The minimum atomic E-state index is 0.0335. The van der Waals surface area contributed by atoms with Crippen molar-refractivity contribution in [2.24, 2.45) is 5.73 Å². The van der Waals surface area contributed by atoms with E-state index in [0.717, 1.165) is 43.7 Å². The van der Waals surface area contributed by atoms with Crippen LogP contribution in [0.4, 0.5) is 0 Å². The van der Waals surface area contributed by atoms with Crippen LogP contribution in [0.5, 0.6) is 11.8 Å².